The quantitative estimate of drug-likeness (QED) is 0.553. The first-order chi connectivity index (χ1) is 15.0. The van der Waals surface area contributed by atoms with Crippen LogP contribution in [0.15, 0.2) is 65.4 Å². The Kier molecular flexibility index (Phi) is 5.98. The van der Waals surface area contributed by atoms with Crippen molar-refractivity contribution in [3.8, 4) is 5.69 Å². The Balaban J connectivity index is 1.75. The van der Waals surface area contributed by atoms with Crippen LogP contribution in [0.2, 0.25) is 0 Å². The Bertz CT molecular complexity index is 1050. The molecule has 4 rings (SSSR count). The smallest absolute Gasteiger partial charge is 0.247 e. The van der Waals surface area contributed by atoms with Crippen LogP contribution in [0, 0.1) is 5.92 Å². The van der Waals surface area contributed by atoms with E-state index >= 15 is 0 Å². The van der Waals surface area contributed by atoms with Gasteiger partial charge in [0.15, 0.2) is 0 Å². The highest BCUT2D eigenvalue weighted by atomic mass is 16.3. The van der Waals surface area contributed by atoms with E-state index in [0.717, 1.165) is 29.9 Å². The molecule has 0 saturated carbocycles. The number of hydrogen-bond donors (Lipinski definition) is 0. The van der Waals surface area contributed by atoms with Gasteiger partial charge in [0, 0.05) is 18.7 Å². The molecule has 162 valence electrons. The van der Waals surface area contributed by atoms with E-state index in [1.165, 1.54) is 0 Å². The summed E-state index contributed by atoms with van der Waals surface area (Å²) in [5.74, 6) is 0.422. The molecule has 1 aliphatic rings. The molecule has 3 heterocycles. The number of aromatic nitrogens is 1. The fourth-order valence-electron chi connectivity index (χ4n) is 4.20. The van der Waals surface area contributed by atoms with Crippen molar-refractivity contribution in [3.05, 3.63) is 72.4 Å². The second-order valence-electron chi connectivity index (χ2n) is 8.24. The van der Waals surface area contributed by atoms with Crippen molar-refractivity contribution >= 4 is 17.5 Å². The number of hydrogen-bond acceptors (Lipinski definition) is 3. The molecule has 6 nitrogen and oxygen atoms in total. The number of benzene rings is 1. The molecule has 2 aromatic heterocycles. The second-order valence-corrected chi connectivity index (χ2v) is 8.24. The minimum atomic E-state index is -0.394. The fraction of sp³-hybridized carbons (Fsp3) is 0.360. The number of amides is 2. The van der Waals surface area contributed by atoms with E-state index in [-0.39, 0.29) is 24.3 Å². The first-order valence-corrected chi connectivity index (χ1v) is 10.9. The third-order valence-electron chi connectivity index (χ3n) is 5.71. The maximum atomic E-state index is 13.8. The van der Waals surface area contributed by atoms with Gasteiger partial charge in [-0.2, -0.15) is 0 Å². The maximum Gasteiger partial charge on any atom is 0.247 e. The molecule has 0 bridgehead atoms. The highest BCUT2D eigenvalue weighted by Crippen LogP contribution is 2.42. The van der Waals surface area contributed by atoms with E-state index in [0.29, 0.717) is 12.3 Å². The van der Waals surface area contributed by atoms with Crippen molar-refractivity contribution < 1.29 is 14.0 Å². The Morgan fingerprint density at radius 3 is 2.52 bits per heavy atom. The van der Waals surface area contributed by atoms with Crippen LogP contribution in [-0.2, 0) is 9.59 Å². The zero-order valence-electron chi connectivity index (χ0n) is 18.3. The van der Waals surface area contributed by atoms with Gasteiger partial charge in [-0.25, -0.2) is 0 Å². The lowest BCUT2D eigenvalue weighted by atomic mass is 10.0. The van der Waals surface area contributed by atoms with E-state index in [2.05, 4.69) is 11.5 Å². The van der Waals surface area contributed by atoms with Gasteiger partial charge < -0.3 is 13.9 Å². The Labute approximate surface area is 183 Å². The van der Waals surface area contributed by atoms with E-state index in [9.17, 15) is 9.59 Å². The molecule has 0 aliphatic carbocycles. The third kappa shape index (κ3) is 3.90. The molecule has 0 spiro atoms. The lowest BCUT2D eigenvalue weighted by Crippen LogP contribution is -2.47. The first kappa shape index (κ1) is 21.0. The minimum absolute atomic E-state index is 0.00465. The molecule has 6 heteroatoms. The monoisotopic (exact) mass is 419 g/mol. The van der Waals surface area contributed by atoms with E-state index < -0.39 is 6.04 Å². The number of carbonyl (C=O) groups excluding carboxylic acids is 2. The number of unbranched alkanes of at least 4 members (excludes halogenated alkanes) is 1. The van der Waals surface area contributed by atoms with Crippen molar-refractivity contribution in [2.45, 2.75) is 39.7 Å². The second kappa shape index (κ2) is 8.84. The largest absolute Gasteiger partial charge is 0.467 e. The lowest BCUT2D eigenvalue weighted by molar-refractivity contribution is -0.138. The number of furan rings is 1. The van der Waals surface area contributed by atoms with Gasteiger partial charge in [-0.05, 0) is 42.8 Å². The van der Waals surface area contributed by atoms with Crippen molar-refractivity contribution in [3.63, 3.8) is 0 Å². The summed E-state index contributed by atoms with van der Waals surface area (Å²) in [7, 11) is 0. The van der Waals surface area contributed by atoms with Crippen LogP contribution < -0.4 is 4.90 Å². The van der Waals surface area contributed by atoms with E-state index in [4.69, 9.17) is 4.42 Å². The summed E-state index contributed by atoms with van der Waals surface area (Å²) in [5.41, 5.74) is 2.70. The topological polar surface area (TPSA) is 58.7 Å². The highest BCUT2D eigenvalue weighted by molar-refractivity contribution is 6.00. The Morgan fingerprint density at radius 1 is 1.06 bits per heavy atom. The molecule has 0 fully saturated rings. The summed E-state index contributed by atoms with van der Waals surface area (Å²) >= 11 is 0. The van der Waals surface area contributed by atoms with E-state index in [1.807, 2.05) is 68.6 Å². The molecule has 2 amide bonds. The number of para-hydroxylation sites is 2. The van der Waals surface area contributed by atoms with Gasteiger partial charge in [0.2, 0.25) is 11.8 Å². The summed E-state index contributed by atoms with van der Waals surface area (Å²) in [6.07, 6.45) is 5.46. The summed E-state index contributed by atoms with van der Waals surface area (Å²) in [6, 6.07) is 15.2. The molecular formula is C25H29N3O3. The number of carbonyl (C=O) groups is 2. The minimum Gasteiger partial charge on any atom is -0.467 e. The van der Waals surface area contributed by atoms with Gasteiger partial charge in [0.1, 0.15) is 18.3 Å². The predicted molar refractivity (Wildman–Crippen MR) is 120 cm³/mol. The van der Waals surface area contributed by atoms with Gasteiger partial charge in [0.05, 0.1) is 23.3 Å². The maximum absolute atomic E-state index is 13.8. The van der Waals surface area contributed by atoms with Gasteiger partial charge in [0.25, 0.3) is 0 Å². The zero-order chi connectivity index (χ0) is 22.0. The van der Waals surface area contributed by atoms with Crippen molar-refractivity contribution in [1.29, 1.82) is 0 Å². The van der Waals surface area contributed by atoms with Crippen LogP contribution in [-0.4, -0.2) is 34.4 Å². The van der Waals surface area contributed by atoms with Crippen LogP contribution in [0.25, 0.3) is 5.69 Å². The predicted octanol–water partition coefficient (Wildman–Crippen LogP) is 4.79. The van der Waals surface area contributed by atoms with Gasteiger partial charge in [-0.15, -0.1) is 0 Å². The Morgan fingerprint density at radius 2 is 1.84 bits per heavy atom. The van der Waals surface area contributed by atoms with Gasteiger partial charge in [-0.3, -0.25) is 14.5 Å². The van der Waals surface area contributed by atoms with E-state index in [1.54, 1.807) is 16.1 Å². The summed E-state index contributed by atoms with van der Waals surface area (Å²) < 4.78 is 7.86. The number of rotatable bonds is 7. The Hall–Kier alpha value is -3.28. The average Bonchev–Trinajstić information content (AvgIpc) is 3.47. The molecular weight excluding hydrogens is 390 g/mol. The van der Waals surface area contributed by atoms with Crippen molar-refractivity contribution in [2.24, 2.45) is 5.92 Å². The molecule has 31 heavy (non-hydrogen) atoms. The molecule has 1 aliphatic heterocycles. The molecule has 0 N–H and O–H groups in total. The van der Waals surface area contributed by atoms with Crippen molar-refractivity contribution in [2.75, 3.05) is 18.0 Å². The van der Waals surface area contributed by atoms with Gasteiger partial charge >= 0.3 is 0 Å². The summed E-state index contributed by atoms with van der Waals surface area (Å²) in [4.78, 5) is 30.1. The van der Waals surface area contributed by atoms with Crippen LogP contribution in [0.3, 0.4) is 0 Å². The molecule has 1 aromatic carbocycles. The first-order valence-electron chi connectivity index (χ1n) is 10.9. The zero-order valence-corrected chi connectivity index (χ0v) is 18.3. The fourth-order valence-corrected chi connectivity index (χ4v) is 4.20. The SMILES string of the molecule is CCCCN(CC(=O)N1c2ccccc2-n2cccc2C1c1ccco1)C(=O)C(C)C. The van der Waals surface area contributed by atoms with Crippen LogP contribution in [0.1, 0.15) is 51.1 Å². The molecule has 1 unspecified atom stereocenters. The normalized spacial score (nSPS) is 15.0. The molecule has 3 aromatic rings. The van der Waals surface area contributed by atoms with Gasteiger partial charge in [-0.1, -0.05) is 39.3 Å². The van der Waals surface area contributed by atoms with Crippen LogP contribution in [0.5, 0.6) is 0 Å². The molecule has 1 atom stereocenters. The van der Waals surface area contributed by atoms with Crippen LogP contribution >= 0.6 is 0 Å². The highest BCUT2D eigenvalue weighted by Gasteiger charge is 2.38. The standard InChI is InChI=1S/C25H29N3O3/c1-4-5-14-26(25(30)18(2)3)17-23(29)28-20-11-7-6-10-19(20)27-15-8-12-21(27)24(28)22-13-9-16-31-22/h6-13,15-16,18,24H,4-5,14,17H2,1-3H3. The number of fused-ring (bicyclic) bond motifs is 3. The van der Waals surface area contributed by atoms with Crippen LogP contribution in [0.4, 0.5) is 5.69 Å². The lowest BCUT2D eigenvalue weighted by Gasteiger charge is -2.38. The van der Waals surface area contributed by atoms with Crippen molar-refractivity contribution in [1.82, 2.24) is 9.47 Å². The number of nitrogens with zero attached hydrogens (tertiary/aromatic N) is 3. The molecule has 0 saturated heterocycles. The average molecular weight is 420 g/mol. The number of anilines is 1. The third-order valence-corrected chi connectivity index (χ3v) is 5.71. The molecule has 0 radical (unpaired) electrons. The summed E-state index contributed by atoms with van der Waals surface area (Å²) in [6.45, 7) is 6.46. The summed E-state index contributed by atoms with van der Waals surface area (Å²) in [5, 5.41) is 0.